The number of hydrogen-bond donors (Lipinski definition) is 1. The summed E-state index contributed by atoms with van der Waals surface area (Å²) >= 11 is 0. The van der Waals surface area contributed by atoms with E-state index in [1.165, 1.54) is 11.1 Å². The number of rotatable bonds is 1. The van der Waals surface area contributed by atoms with Crippen LogP contribution in [-0.2, 0) is 17.6 Å². The quantitative estimate of drug-likeness (QED) is 0.810. The van der Waals surface area contributed by atoms with Gasteiger partial charge in [0.05, 0.1) is 0 Å². The second kappa shape index (κ2) is 4.73. The van der Waals surface area contributed by atoms with Crippen molar-refractivity contribution in [2.75, 3.05) is 13.1 Å². The molecular formula is C15H20N2O. The predicted molar refractivity (Wildman–Crippen MR) is 71.1 cm³/mol. The Morgan fingerprint density at radius 2 is 1.89 bits per heavy atom. The second-order valence-corrected chi connectivity index (χ2v) is 5.56. The summed E-state index contributed by atoms with van der Waals surface area (Å²) in [5, 5.41) is 0. The maximum Gasteiger partial charge on any atom is 0.226 e. The molecule has 3 nitrogen and oxygen atoms in total. The summed E-state index contributed by atoms with van der Waals surface area (Å²) in [5.41, 5.74) is 8.64. The Hall–Kier alpha value is -1.35. The Morgan fingerprint density at radius 1 is 1.22 bits per heavy atom. The summed E-state index contributed by atoms with van der Waals surface area (Å²) in [6.07, 6.45) is 3.91. The lowest BCUT2D eigenvalue weighted by molar-refractivity contribution is -0.136. The number of carbonyl (C=O) groups excluding carboxylic acids is 1. The van der Waals surface area contributed by atoms with Crippen LogP contribution in [-0.4, -0.2) is 29.9 Å². The number of nitrogens with two attached hydrogens (primary N) is 1. The molecule has 1 atom stereocenters. The molecule has 0 spiro atoms. The zero-order valence-corrected chi connectivity index (χ0v) is 10.6. The maximum atomic E-state index is 12.5. The van der Waals surface area contributed by atoms with Crippen LogP contribution < -0.4 is 5.73 Å². The Bertz CT molecular complexity index is 433. The van der Waals surface area contributed by atoms with Gasteiger partial charge in [0.2, 0.25) is 5.91 Å². The Labute approximate surface area is 108 Å². The van der Waals surface area contributed by atoms with Crippen LogP contribution in [0.25, 0.3) is 0 Å². The van der Waals surface area contributed by atoms with Crippen molar-refractivity contribution in [1.29, 1.82) is 0 Å². The molecule has 0 bridgehead atoms. The van der Waals surface area contributed by atoms with Crippen molar-refractivity contribution in [1.82, 2.24) is 4.90 Å². The van der Waals surface area contributed by atoms with Gasteiger partial charge in [-0.15, -0.1) is 0 Å². The molecule has 96 valence electrons. The molecule has 3 heteroatoms. The summed E-state index contributed by atoms with van der Waals surface area (Å²) in [6, 6.07) is 8.58. The average Bonchev–Trinajstić information content (AvgIpc) is 2.81. The van der Waals surface area contributed by atoms with Gasteiger partial charge in [-0.2, -0.15) is 0 Å². The van der Waals surface area contributed by atoms with Crippen molar-refractivity contribution in [3.8, 4) is 0 Å². The zero-order chi connectivity index (χ0) is 12.5. The Morgan fingerprint density at radius 3 is 2.50 bits per heavy atom. The van der Waals surface area contributed by atoms with Gasteiger partial charge in [0.1, 0.15) is 0 Å². The van der Waals surface area contributed by atoms with Crippen LogP contribution in [0.5, 0.6) is 0 Å². The van der Waals surface area contributed by atoms with E-state index in [4.69, 9.17) is 5.73 Å². The van der Waals surface area contributed by atoms with E-state index < -0.39 is 0 Å². The first-order valence-electron chi connectivity index (χ1n) is 6.85. The minimum Gasteiger partial charge on any atom is -0.341 e. The van der Waals surface area contributed by atoms with Crippen molar-refractivity contribution < 1.29 is 4.79 Å². The molecule has 2 N–H and O–H groups in total. The minimum absolute atomic E-state index is 0.146. The molecule has 1 saturated heterocycles. The van der Waals surface area contributed by atoms with Gasteiger partial charge in [-0.1, -0.05) is 24.3 Å². The molecule has 1 aromatic rings. The molecule has 2 aliphatic rings. The molecule has 3 rings (SSSR count). The largest absolute Gasteiger partial charge is 0.341 e. The molecule has 1 aliphatic carbocycles. The molecule has 1 fully saturated rings. The van der Waals surface area contributed by atoms with E-state index in [1.807, 2.05) is 4.90 Å². The topological polar surface area (TPSA) is 46.3 Å². The van der Waals surface area contributed by atoms with Crippen molar-refractivity contribution in [2.45, 2.75) is 31.7 Å². The fourth-order valence-corrected chi connectivity index (χ4v) is 3.20. The fourth-order valence-electron chi connectivity index (χ4n) is 3.20. The predicted octanol–water partition coefficient (Wildman–Crippen LogP) is 1.35. The van der Waals surface area contributed by atoms with Gasteiger partial charge < -0.3 is 10.6 Å². The first-order chi connectivity index (χ1) is 8.74. The SMILES string of the molecule is NC1CCCN(C(=O)C2Cc3ccccc3C2)C1. The van der Waals surface area contributed by atoms with E-state index in [2.05, 4.69) is 24.3 Å². The van der Waals surface area contributed by atoms with Crippen LogP contribution in [0.15, 0.2) is 24.3 Å². The highest BCUT2D eigenvalue weighted by Crippen LogP contribution is 2.28. The number of likely N-dealkylation sites (tertiary alicyclic amines) is 1. The highest BCUT2D eigenvalue weighted by molar-refractivity contribution is 5.80. The van der Waals surface area contributed by atoms with Gasteiger partial charge in [0.15, 0.2) is 0 Å². The molecule has 0 radical (unpaired) electrons. The number of carbonyl (C=O) groups is 1. The lowest BCUT2D eigenvalue weighted by atomic mass is 10.0. The molecular weight excluding hydrogens is 224 g/mol. The van der Waals surface area contributed by atoms with Crippen molar-refractivity contribution >= 4 is 5.91 Å². The van der Waals surface area contributed by atoms with Gasteiger partial charge in [0, 0.05) is 25.0 Å². The van der Waals surface area contributed by atoms with Gasteiger partial charge in [-0.05, 0) is 36.8 Å². The van der Waals surface area contributed by atoms with Gasteiger partial charge >= 0.3 is 0 Å². The normalized spacial score (nSPS) is 24.1. The van der Waals surface area contributed by atoms with Crippen LogP contribution in [0.3, 0.4) is 0 Å². The van der Waals surface area contributed by atoms with Crippen LogP contribution >= 0.6 is 0 Å². The third-order valence-electron chi connectivity index (χ3n) is 4.17. The third kappa shape index (κ3) is 2.15. The van der Waals surface area contributed by atoms with Crippen molar-refractivity contribution in [3.63, 3.8) is 0 Å². The van der Waals surface area contributed by atoms with Crippen LogP contribution in [0.4, 0.5) is 0 Å². The van der Waals surface area contributed by atoms with Crippen LogP contribution in [0, 0.1) is 5.92 Å². The standard InChI is InChI=1S/C15H20N2O/c16-14-6-3-7-17(10-14)15(18)13-8-11-4-1-2-5-12(11)9-13/h1-2,4-5,13-14H,3,6-10,16H2. The summed E-state index contributed by atoms with van der Waals surface area (Å²) in [6.45, 7) is 1.63. The van der Waals surface area contributed by atoms with E-state index in [9.17, 15) is 4.79 Å². The summed E-state index contributed by atoms with van der Waals surface area (Å²) in [4.78, 5) is 14.5. The molecule has 1 heterocycles. The number of hydrogen-bond acceptors (Lipinski definition) is 2. The van der Waals surface area contributed by atoms with Crippen molar-refractivity contribution in [2.24, 2.45) is 11.7 Å². The minimum atomic E-state index is 0.146. The van der Waals surface area contributed by atoms with E-state index in [-0.39, 0.29) is 12.0 Å². The van der Waals surface area contributed by atoms with Gasteiger partial charge in [-0.25, -0.2) is 0 Å². The van der Waals surface area contributed by atoms with Crippen LogP contribution in [0.2, 0.25) is 0 Å². The molecule has 1 amide bonds. The molecule has 1 unspecified atom stereocenters. The van der Waals surface area contributed by atoms with Crippen molar-refractivity contribution in [3.05, 3.63) is 35.4 Å². The van der Waals surface area contributed by atoms with E-state index in [0.717, 1.165) is 38.8 Å². The van der Waals surface area contributed by atoms with Gasteiger partial charge in [0.25, 0.3) is 0 Å². The average molecular weight is 244 g/mol. The fraction of sp³-hybridized carbons (Fsp3) is 0.533. The molecule has 18 heavy (non-hydrogen) atoms. The zero-order valence-electron chi connectivity index (χ0n) is 10.6. The monoisotopic (exact) mass is 244 g/mol. The number of nitrogens with zero attached hydrogens (tertiary/aromatic N) is 1. The van der Waals surface area contributed by atoms with Crippen LogP contribution in [0.1, 0.15) is 24.0 Å². The molecule has 1 aromatic carbocycles. The summed E-state index contributed by atoms with van der Waals surface area (Å²) < 4.78 is 0. The number of piperidine rings is 1. The Kier molecular flexibility index (Phi) is 3.08. The number of benzene rings is 1. The first-order valence-corrected chi connectivity index (χ1v) is 6.85. The van der Waals surface area contributed by atoms with E-state index in [0.29, 0.717) is 5.91 Å². The Balaban J connectivity index is 1.68. The molecule has 0 saturated carbocycles. The molecule has 0 aromatic heterocycles. The number of fused-ring (bicyclic) bond motifs is 1. The highest BCUT2D eigenvalue weighted by atomic mass is 16.2. The summed E-state index contributed by atoms with van der Waals surface area (Å²) in [5.74, 6) is 0.453. The second-order valence-electron chi connectivity index (χ2n) is 5.56. The molecule has 1 aliphatic heterocycles. The van der Waals surface area contributed by atoms with E-state index in [1.54, 1.807) is 0 Å². The first kappa shape index (κ1) is 11.7. The smallest absolute Gasteiger partial charge is 0.226 e. The highest BCUT2D eigenvalue weighted by Gasteiger charge is 2.32. The van der Waals surface area contributed by atoms with E-state index >= 15 is 0 Å². The third-order valence-corrected chi connectivity index (χ3v) is 4.17. The lowest BCUT2D eigenvalue weighted by Gasteiger charge is -2.32. The summed E-state index contributed by atoms with van der Waals surface area (Å²) in [7, 11) is 0. The lowest BCUT2D eigenvalue weighted by Crippen LogP contribution is -2.47. The van der Waals surface area contributed by atoms with Gasteiger partial charge in [-0.3, -0.25) is 4.79 Å². The number of amides is 1. The maximum absolute atomic E-state index is 12.5.